The van der Waals surface area contributed by atoms with Crippen LogP contribution in [-0.2, 0) is 0 Å². The first kappa shape index (κ1) is 12.8. The van der Waals surface area contributed by atoms with E-state index in [1.807, 2.05) is 13.0 Å². The Balaban J connectivity index is 2.98. The third kappa shape index (κ3) is 2.46. The van der Waals surface area contributed by atoms with Crippen molar-refractivity contribution in [3.8, 4) is 0 Å². The number of nitrogen functional groups attached to an aromatic ring is 1. The zero-order valence-corrected chi connectivity index (χ0v) is 10.8. The van der Waals surface area contributed by atoms with Gasteiger partial charge in [0, 0.05) is 11.7 Å². The summed E-state index contributed by atoms with van der Waals surface area (Å²) in [7, 11) is 0. The molecule has 0 spiro atoms. The summed E-state index contributed by atoms with van der Waals surface area (Å²) in [5.41, 5.74) is 7.99. The van der Waals surface area contributed by atoms with E-state index in [1.54, 1.807) is 6.20 Å². The van der Waals surface area contributed by atoms with Crippen molar-refractivity contribution >= 4 is 11.5 Å². The Morgan fingerprint density at radius 1 is 1.25 bits per heavy atom. The molecule has 0 saturated heterocycles. The fraction of sp³-hybridized carbons (Fsp3) is 0.615. The highest BCUT2D eigenvalue weighted by molar-refractivity contribution is 5.65. The largest absolute Gasteiger partial charge is 0.396 e. The van der Waals surface area contributed by atoms with E-state index in [0.29, 0.717) is 0 Å². The second-order valence-electron chi connectivity index (χ2n) is 4.36. The number of nitrogens with one attached hydrogen (secondary N) is 1. The third-order valence-corrected chi connectivity index (χ3v) is 3.62. The lowest BCUT2D eigenvalue weighted by Gasteiger charge is -2.33. The Bertz CT molecular complexity index is 335. The second kappa shape index (κ2) is 5.19. The van der Waals surface area contributed by atoms with E-state index in [-0.39, 0.29) is 5.54 Å². The van der Waals surface area contributed by atoms with E-state index in [4.69, 9.17) is 5.73 Å². The van der Waals surface area contributed by atoms with Crippen LogP contribution in [0.1, 0.15) is 45.6 Å². The highest BCUT2D eigenvalue weighted by atomic mass is 15.1. The molecular weight excluding hydrogens is 198 g/mol. The molecule has 3 nitrogen and oxygen atoms in total. The summed E-state index contributed by atoms with van der Waals surface area (Å²) in [6.07, 6.45) is 5.04. The Kier molecular flexibility index (Phi) is 4.16. The van der Waals surface area contributed by atoms with Crippen LogP contribution in [-0.4, -0.2) is 10.5 Å². The maximum atomic E-state index is 6.03. The molecule has 0 atom stereocenters. The van der Waals surface area contributed by atoms with Gasteiger partial charge in [0.2, 0.25) is 0 Å². The van der Waals surface area contributed by atoms with Crippen molar-refractivity contribution in [2.24, 2.45) is 0 Å². The smallest absolute Gasteiger partial charge is 0.149 e. The number of aryl methyl sites for hydroxylation is 1. The fourth-order valence-corrected chi connectivity index (χ4v) is 1.94. The van der Waals surface area contributed by atoms with Crippen LogP contribution >= 0.6 is 0 Å². The molecular formula is C13H23N3. The maximum absolute atomic E-state index is 6.03. The van der Waals surface area contributed by atoms with Crippen molar-refractivity contribution in [2.45, 2.75) is 52.5 Å². The molecule has 0 amide bonds. The Hall–Kier alpha value is -1.25. The van der Waals surface area contributed by atoms with Crippen molar-refractivity contribution in [3.05, 3.63) is 17.8 Å². The van der Waals surface area contributed by atoms with Gasteiger partial charge in [-0.2, -0.15) is 0 Å². The normalized spacial score (nSPS) is 11.5. The summed E-state index contributed by atoms with van der Waals surface area (Å²) in [5.74, 6) is 0.825. The molecule has 3 heteroatoms. The maximum Gasteiger partial charge on any atom is 0.149 e. The molecule has 0 aromatic carbocycles. The lowest BCUT2D eigenvalue weighted by atomic mass is 9.90. The number of nitrogens with two attached hydrogens (primary N) is 1. The standard InChI is InChI=1S/C13H23N3/c1-5-13(6-2,7-3)16-12-11(14)10(4)8-9-15-12/h8-9H,5-7,14H2,1-4H3,(H,15,16). The minimum Gasteiger partial charge on any atom is -0.396 e. The quantitative estimate of drug-likeness (QED) is 0.801. The molecule has 1 heterocycles. The summed E-state index contributed by atoms with van der Waals surface area (Å²) in [6.45, 7) is 8.61. The zero-order chi connectivity index (χ0) is 12.2. The number of anilines is 2. The summed E-state index contributed by atoms with van der Waals surface area (Å²) < 4.78 is 0. The van der Waals surface area contributed by atoms with Gasteiger partial charge in [0.15, 0.2) is 0 Å². The molecule has 1 aromatic heterocycles. The number of pyridine rings is 1. The predicted octanol–water partition coefficient (Wildman–Crippen LogP) is 3.35. The molecule has 1 rings (SSSR count). The Morgan fingerprint density at radius 2 is 1.81 bits per heavy atom. The molecule has 1 aromatic rings. The lowest BCUT2D eigenvalue weighted by Crippen LogP contribution is -2.36. The van der Waals surface area contributed by atoms with Crippen LogP contribution in [0.4, 0.5) is 11.5 Å². The van der Waals surface area contributed by atoms with Crippen LogP contribution in [0.3, 0.4) is 0 Å². The molecule has 0 unspecified atom stereocenters. The van der Waals surface area contributed by atoms with Crippen molar-refractivity contribution in [2.75, 3.05) is 11.1 Å². The van der Waals surface area contributed by atoms with Gasteiger partial charge in [-0.25, -0.2) is 4.98 Å². The van der Waals surface area contributed by atoms with E-state index < -0.39 is 0 Å². The van der Waals surface area contributed by atoms with Crippen LogP contribution in [0.15, 0.2) is 12.3 Å². The van der Waals surface area contributed by atoms with Crippen molar-refractivity contribution in [3.63, 3.8) is 0 Å². The number of hydrogen-bond acceptors (Lipinski definition) is 3. The first-order valence-corrected chi connectivity index (χ1v) is 6.07. The van der Waals surface area contributed by atoms with Crippen LogP contribution in [0.25, 0.3) is 0 Å². The molecule has 0 aliphatic rings. The van der Waals surface area contributed by atoms with Gasteiger partial charge in [-0.05, 0) is 37.8 Å². The molecule has 0 aliphatic heterocycles. The van der Waals surface area contributed by atoms with Gasteiger partial charge in [0.1, 0.15) is 5.82 Å². The Labute approximate surface area is 98.5 Å². The van der Waals surface area contributed by atoms with Gasteiger partial charge in [0.25, 0.3) is 0 Å². The number of nitrogens with zero attached hydrogens (tertiary/aromatic N) is 1. The topological polar surface area (TPSA) is 50.9 Å². The average Bonchev–Trinajstić information content (AvgIpc) is 2.32. The molecule has 3 N–H and O–H groups in total. The zero-order valence-electron chi connectivity index (χ0n) is 10.8. The van der Waals surface area contributed by atoms with Crippen molar-refractivity contribution < 1.29 is 0 Å². The summed E-state index contributed by atoms with van der Waals surface area (Å²) in [4.78, 5) is 4.33. The van der Waals surface area contributed by atoms with Crippen molar-refractivity contribution in [1.29, 1.82) is 0 Å². The van der Waals surface area contributed by atoms with Gasteiger partial charge in [-0.3, -0.25) is 0 Å². The lowest BCUT2D eigenvalue weighted by molar-refractivity contribution is 0.419. The predicted molar refractivity (Wildman–Crippen MR) is 70.6 cm³/mol. The molecule has 0 fully saturated rings. The van der Waals surface area contributed by atoms with Crippen LogP contribution < -0.4 is 11.1 Å². The number of hydrogen-bond donors (Lipinski definition) is 2. The first-order valence-electron chi connectivity index (χ1n) is 6.07. The number of aromatic nitrogens is 1. The van der Waals surface area contributed by atoms with Crippen LogP contribution in [0, 0.1) is 6.92 Å². The van der Waals surface area contributed by atoms with E-state index in [1.165, 1.54) is 0 Å². The molecule has 16 heavy (non-hydrogen) atoms. The first-order chi connectivity index (χ1) is 7.58. The van der Waals surface area contributed by atoms with Gasteiger partial charge < -0.3 is 11.1 Å². The summed E-state index contributed by atoms with van der Waals surface area (Å²) in [6, 6.07) is 1.94. The Morgan fingerprint density at radius 3 is 2.31 bits per heavy atom. The molecule has 0 radical (unpaired) electrons. The fourth-order valence-electron chi connectivity index (χ4n) is 1.94. The second-order valence-corrected chi connectivity index (χ2v) is 4.36. The van der Waals surface area contributed by atoms with E-state index in [9.17, 15) is 0 Å². The van der Waals surface area contributed by atoms with Crippen LogP contribution in [0.2, 0.25) is 0 Å². The van der Waals surface area contributed by atoms with Gasteiger partial charge in [0.05, 0.1) is 5.69 Å². The summed E-state index contributed by atoms with van der Waals surface area (Å²) in [5, 5.41) is 3.51. The van der Waals surface area contributed by atoms with E-state index in [0.717, 1.165) is 36.3 Å². The minimum atomic E-state index is 0.120. The van der Waals surface area contributed by atoms with Gasteiger partial charge in [-0.15, -0.1) is 0 Å². The van der Waals surface area contributed by atoms with Gasteiger partial charge >= 0.3 is 0 Å². The monoisotopic (exact) mass is 221 g/mol. The van der Waals surface area contributed by atoms with Crippen LogP contribution in [0.5, 0.6) is 0 Å². The summed E-state index contributed by atoms with van der Waals surface area (Å²) >= 11 is 0. The third-order valence-electron chi connectivity index (χ3n) is 3.62. The van der Waals surface area contributed by atoms with E-state index >= 15 is 0 Å². The van der Waals surface area contributed by atoms with Crippen molar-refractivity contribution in [1.82, 2.24) is 4.98 Å². The van der Waals surface area contributed by atoms with E-state index in [2.05, 4.69) is 31.1 Å². The molecule has 0 aliphatic carbocycles. The highest BCUT2D eigenvalue weighted by Crippen LogP contribution is 2.28. The molecule has 90 valence electrons. The minimum absolute atomic E-state index is 0.120. The number of rotatable bonds is 5. The molecule has 0 bridgehead atoms. The average molecular weight is 221 g/mol. The SMILES string of the molecule is CCC(CC)(CC)Nc1nccc(C)c1N. The van der Waals surface area contributed by atoms with Gasteiger partial charge in [-0.1, -0.05) is 20.8 Å². The highest BCUT2D eigenvalue weighted by Gasteiger charge is 2.24. The molecule has 0 saturated carbocycles.